The minimum absolute atomic E-state index is 1.05. The number of anilines is 1. The standard InChI is InChI=1S/C12H11N3S/c1-13-11-8-4-5-14-10(8)3-2-9(11)12-15-6-7-16-12/h2-7,13-14H,1H3. The molecular formula is C12H11N3S. The first-order chi connectivity index (χ1) is 7.90. The Morgan fingerprint density at radius 3 is 3.00 bits per heavy atom. The molecule has 1 aromatic carbocycles. The number of nitrogens with one attached hydrogen (secondary N) is 2. The van der Waals surface area contributed by atoms with Gasteiger partial charge < -0.3 is 10.3 Å². The smallest absolute Gasteiger partial charge is 0.125 e. The number of aromatic nitrogens is 2. The lowest BCUT2D eigenvalue weighted by molar-refractivity contribution is 1.41. The average molecular weight is 229 g/mol. The highest BCUT2D eigenvalue weighted by molar-refractivity contribution is 7.13. The Balaban J connectivity index is 2.32. The molecule has 0 aliphatic rings. The van der Waals surface area contributed by atoms with Gasteiger partial charge in [-0.1, -0.05) is 0 Å². The Kier molecular flexibility index (Phi) is 2.15. The van der Waals surface area contributed by atoms with Crippen molar-refractivity contribution in [1.82, 2.24) is 9.97 Å². The molecule has 0 atom stereocenters. The minimum Gasteiger partial charge on any atom is -0.387 e. The molecule has 0 aliphatic carbocycles. The summed E-state index contributed by atoms with van der Waals surface area (Å²) in [7, 11) is 1.94. The molecule has 0 spiro atoms. The second-order valence-corrected chi connectivity index (χ2v) is 4.41. The van der Waals surface area contributed by atoms with Crippen LogP contribution in [-0.2, 0) is 0 Å². The number of fused-ring (bicyclic) bond motifs is 1. The van der Waals surface area contributed by atoms with E-state index in [1.54, 1.807) is 11.3 Å². The molecule has 16 heavy (non-hydrogen) atoms. The van der Waals surface area contributed by atoms with Gasteiger partial charge in [0.05, 0.1) is 5.69 Å². The van der Waals surface area contributed by atoms with Crippen LogP contribution in [0.15, 0.2) is 36.0 Å². The van der Waals surface area contributed by atoms with Gasteiger partial charge in [-0.3, -0.25) is 0 Å². The number of nitrogens with zero attached hydrogens (tertiary/aromatic N) is 1. The summed E-state index contributed by atoms with van der Waals surface area (Å²) >= 11 is 1.66. The van der Waals surface area contributed by atoms with Crippen LogP contribution in [0, 0.1) is 0 Å². The van der Waals surface area contributed by atoms with Gasteiger partial charge in [0.25, 0.3) is 0 Å². The van der Waals surface area contributed by atoms with Crippen molar-refractivity contribution in [2.45, 2.75) is 0 Å². The largest absolute Gasteiger partial charge is 0.387 e. The summed E-state index contributed by atoms with van der Waals surface area (Å²) in [5.41, 5.74) is 3.43. The molecule has 0 fully saturated rings. The lowest BCUT2D eigenvalue weighted by Gasteiger charge is -2.08. The number of hydrogen-bond donors (Lipinski definition) is 2. The summed E-state index contributed by atoms with van der Waals surface area (Å²) < 4.78 is 0. The Morgan fingerprint density at radius 1 is 1.31 bits per heavy atom. The molecule has 0 aliphatic heterocycles. The molecule has 3 rings (SSSR count). The molecule has 0 saturated carbocycles. The highest BCUT2D eigenvalue weighted by Gasteiger charge is 2.10. The molecule has 3 aromatic rings. The monoisotopic (exact) mass is 229 g/mol. The molecule has 2 heterocycles. The molecule has 4 heteroatoms. The first kappa shape index (κ1) is 9.42. The number of rotatable bonds is 2. The van der Waals surface area contributed by atoms with Gasteiger partial charge in [-0.05, 0) is 18.2 Å². The number of thiazole rings is 1. The highest BCUT2D eigenvalue weighted by atomic mass is 32.1. The van der Waals surface area contributed by atoms with Gasteiger partial charge >= 0.3 is 0 Å². The summed E-state index contributed by atoms with van der Waals surface area (Å²) in [4.78, 5) is 7.56. The average Bonchev–Trinajstić information content (AvgIpc) is 2.97. The summed E-state index contributed by atoms with van der Waals surface area (Å²) in [6, 6.07) is 6.27. The lowest BCUT2D eigenvalue weighted by Crippen LogP contribution is -1.92. The van der Waals surface area contributed by atoms with Crippen LogP contribution in [0.3, 0.4) is 0 Å². The van der Waals surface area contributed by atoms with Crippen LogP contribution in [-0.4, -0.2) is 17.0 Å². The van der Waals surface area contributed by atoms with E-state index in [1.165, 1.54) is 5.39 Å². The fourth-order valence-corrected chi connectivity index (χ4v) is 2.61. The van der Waals surface area contributed by atoms with E-state index in [1.807, 2.05) is 24.8 Å². The second-order valence-electron chi connectivity index (χ2n) is 3.51. The van der Waals surface area contributed by atoms with Crippen molar-refractivity contribution in [2.75, 3.05) is 12.4 Å². The van der Waals surface area contributed by atoms with Gasteiger partial charge in [0.2, 0.25) is 0 Å². The van der Waals surface area contributed by atoms with E-state index >= 15 is 0 Å². The molecule has 0 bridgehead atoms. The zero-order chi connectivity index (χ0) is 11.0. The Morgan fingerprint density at radius 2 is 2.25 bits per heavy atom. The van der Waals surface area contributed by atoms with E-state index in [4.69, 9.17) is 0 Å². The molecule has 3 nitrogen and oxygen atoms in total. The van der Waals surface area contributed by atoms with E-state index in [9.17, 15) is 0 Å². The van der Waals surface area contributed by atoms with Crippen LogP contribution in [0.4, 0.5) is 5.69 Å². The van der Waals surface area contributed by atoms with E-state index in [-0.39, 0.29) is 0 Å². The fraction of sp³-hybridized carbons (Fsp3) is 0.0833. The second kappa shape index (κ2) is 3.64. The van der Waals surface area contributed by atoms with E-state index in [0.29, 0.717) is 0 Å². The van der Waals surface area contributed by atoms with Crippen molar-refractivity contribution in [1.29, 1.82) is 0 Å². The highest BCUT2D eigenvalue weighted by Crippen LogP contribution is 2.34. The Bertz CT molecular complexity index is 610. The van der Waals surface area contributed by atoms with Crippen molar-refractivity contribution in [3.63, 3.8) is 0 Å². The number of aromatic amines is 1. The van der Waals surface area contributed by atoms with Crippen molar-refractivity contribution < 1.29 is 0 Å². The van der Waals surface area contributed by atoms with E-state index in [0.717, 1.165) is 21.8 Å². The number of hydrogen-bond acceptors (Lipinski definition) is 3. The summed E-state index contributed by atoms with van der Waals surface area (Å²) in [6.45, 7) is 0. The maximum atomic E-state index is 4.35. The zero-order valence-electron chi connectivity index (χ0n) is 8.82. The van der Waals surface area contributed by atoms with Crippen LogP contribution in [0.25, 0.3) is 21.5 Å². The quantitative estimate of drug-likeness (QED) is 0.707. The predicted molar refractivity (Wildman–Crippen MR) is 69.0 cm³/mol. The normalized spacial score (nSPS) is 10.8. The summed E-state index contributed by atoms with van der Waals surface area (Å²) in [6.07, 6.45) is 3.79. The van der Waals surface area contributed by atoms with Crippen LogP contribution in [0.5, 0.6) is 0 Å². The molecule has 0 amide bonds. The molecule has 80 valence electrons. The van der Waals surface area contributed by atoms with E-state index < -0.39 is 0 Å². The van der Waals surface area contributed by atoms with Gasteiger partial charge in [-0.2, -0.15) is 0 Å². The Hall–Kier alpha value is -1.81. The molecule has 2 N–H and O–H groups in total. The maximum absolute atomic E-state index is 4.35. The molecule has 0 radical (unpaired) electrons. The van der Waals surface area contributed by atoms with Crippen molar-refractivity contribution in [3.05, 3.63) is 36.0 Å². The molecule has 0 unspecified atom stereocenters. The first-order valence-electron chi connectivity index (χ1n) is 5.08. The van der Waals surface area contributed by atoms with Crippen LogP contribution in [0.1, 0.15) is 0 Å². The molecular weight excluding hydrogens is 218 g/mol. The van der Waals surface area contributed by atoms with Crippen LogP contribution >= 0.6 is 11.3 Å². The number of benzene rings is 1. The summed E-state index contributed by atoms with van der Waals surface area (Å²) in [5.74, 6) is 0. The third kappa shape index (κ3) is 1.31. The number of H-pyrrole nitrogens is 1. The zero-order valence-corrected chi connectivity index (χ0v) is 9.64. The fourth-order valence-electron chi connectivity index (χ4n) is 1.94. The van der Waals surface area contributed by atoms with Crippen molar-refractivity contribution in [3.8, 4) is 10.6 Å². The predicted octanol–water partition coefficient (Wildman–Crippen LogP) is 3.33. The van der Waals surface area contributed by atoms with Crippen LogP contribution in [0.2, 0.25) is 0 Å². The molecule has 2 aromatic heterocycles. The first-order valence-corrected chi connectivity index (χ1v) is 5.96. The van der Waals surface area contributed by atoms with Crippen molar-refractivity contribution >= 4 is 27.9 Å². The van der Waals surface area contributed by atoms with Gasteiger partial charge in [-0.25, -0.2) is 4.98 Å². The van der Waals surface area contributed by atoms with Gasteiger partial charge in [0.1, 0.15) is 5.01 Å². The molecule has 0 saturated heterocycles. The summed E-state index contributed by atoms with van der Waals surface area (Å²) in [5, 5.41) is 7.51. The topological polar surface area (TPSA) is 40.7 Å². The van der Waals surface area contributed by atoms with Crippen LogP contribution < -0.4 is 5.32 Å². The van der Waals surface area contributed by atoms with Crippen molar-refractivity contribution in [2.24, 2.45) is 0 Å². The third-order valence-electron chi connectivity index (χ3n) is 2.65. The van der Waals surface area contributed by atoms with E-state index in [2.05, 4.69) is 33.5 Å². The SMILES string of the molecule is CNc1c(-c2nccs2)ccc2[nH]ccc12. The van der Waals surface area contributed by atoms with Gasteiger partial charge in [-0.15, -0.1) is 11.3 Å². The lowest BCUT2D eigenvalue weighted by atomic mass is 10.1. The van der Waals surface area contributed by atoms with Gasteiger partial charge in [0, 0.05) is 41.3 Å². The Labute approximate surface area is 97.2 Å². The minimum atomic E-state index is 1.05. The van der Waals surface area contributed by atoms with Gasteiger partial charge in [0.15, 0.2) is 0 Å². The third-order valence-corrected chi connectivity index (χ3v) is 3.45. The maximum Gasteiger partial charge on any atom is 0.125 e.